The van der Waals surface area contributed by atoms with Gasteiger partial charge >= 0.3 is 0 Å². The summed E-state index contributed by atoms with van der Waals surface area (Å²) in [4.78, 5) is 0. The fraction of sp³-hybridized carbons (Fsp3) is 0.400. The van der Waals surface area contributed by atoms with E-state index in [4.69, 9.17) is 5.11 Å². The fourth-order valence-corrected chi connectivity index (χ4v) is 2.60. The zero-order valence-corrected chi connectivity index (χ0v) is 9.00. The van der Waals surface area contributed by atoms with Gasteiger partial charge in [0.25, 0.3) is 0 Å². The van der Waals surface area contributed by atoms with Crippen molar-refractivity contribution in [2.45, 2.75) is 12.2 Å². The van der Waals surface area contributed by atoms with E-state index >= 15 is 0 Å². The second kappa shape index (κ2) is 5.23. The lowest BCUT2D eigenvalue weighted by atomic mass is 10.2. The van der Waals surface area contributed by atoms with Crippen LogP contribution in [0, 0.1) is 5.82 Å². The van der Waals surface area contributed by atoms with Crippen LogP contribution in [0.2, 0.25) is 0 Å². The molecule has 0 aromatic heterocycles. The van der Waals surface area contributed by atoms with Crippen LogP contribution in [0.4, 0.5) is 4.39 Å². The minimum atomic E-state index is -3.19. The van der Waals surface area contributed by atoms with Gasteiger partial charge in [0, 0.05) is 6.61 Å². The Bertz CT molecular complexity index is 397. The summed E-state index contributed by atoms with van der Waals surface area (Å²) in [7, 11) is -3.19. The number of aliphatic hydroxyl groups is 1. The average Bonchev–Trinajstić information content (AvgIpc) is 2.18. The Morgan fingerprint density at radius 3 is 2.33 bits per heavy atom. The highest BCUT2D eigenvalue weighted by Gasteiger charge is 2.11. The summed E-state index contributed by atoms with van der Waals surface area (Å²) < 4.78 is 35.4. The van der Waals surface area contributed by atoms with E-state index in [1.807, 2.05) is 0 Å². The van der Waals surface area contributed by atoms with E-state index in [1.165, 1.54) is 24.3 Å². The molecule has 0 radical (unpaired) electrons. The molecular weight excluding hydrogens is 219 g/mol. The van der Waals surface area contributed by atoms with Gasteiger partial charge in [-0.25, -0.2) is 12.8 Å². The second-order valence-electron chi connectivity index (χ2n) is 3.30. The molecule has 84 valence electrons. The molecule has 1 N–H and O–H groups in total. The Morgan fingerprint density at radius 2 is 1.80 bits per heavy atom. The zero-order valence-electron chi connectivity index (χ0n) is 8.19. The van der Waals surface area contributed by atoms with Crippen LogP contribution in [0.25, 0.3) is 0 Å². The molecule has 0 aliphatic rings. The van der Waals surface area contributed by atoms with Gasteiger partial charge in [0.15, 0.2) is 9.84 Å². The predicted molar refractivity (Wildman–Crippen MR) is 55.6 cm³/mol. The van der Waals surface area contributed by atoms with Gasteiger partial charge in [-0.2, -0.15) is 0 Å². The molecule has 0 saturated carbocycles. The van der Waals surface area contributed by atoms with Crippen molar-refractivity contribution in [2.75, 3.05) is 12.4 Å². The van der Waals surface area contributed by atoms with Gasteiger partial charge in [-0.1, -0.05) is 12.1 Å². The van der Waals surface area contributed by atoms with Gasteiger partial charge in [0.1, 0.15) is 5.82 Å². The molecule has 0 bridgehead atoms. The first-order valence-corrected chi connectivity index (χ1v) is 6.41. The number of hydrogen-bond acceptors (Lipinski definition) is 3. The van der Waals surface area contributed by atoms with Crippen molar-refractivity contribution in [3.63, 3.8) is 0 Å². The van der Waals surface area contributed by atoms with Crippen LogP contribution in [0.1, 0.15) is 12.0 Å². The summed E-state index contributed by atoms with van der Waals surface area (Å²) in [5.41, 5.74) is 0.564. The topological polar surface area (TPSA) is 54.4 Å². The average molecular weight is 232 g/mol. The maximum atomic E-state index is 12.5. The quantitative estimate of drug-likeness (QED) is 0.827. The summed E-state index contributed by atoms with van der Waals surface area (Å²) in [6, 6.07) is 5.37. The van der Waals surface area contributed by atoms with Crippen molar-refractivity contribution in [2.24, 2.45) is 0 Å². The third kappa shape index (κ3) is 4.40. The molecule has 5 heteroatoms. The molecule has 15 heavy (non-hydrogen) atoms. The molecule has 1 aromatic rings. The maximum absolute atomic E-state index is 12.5. The van der Waals surface area contributed by atoms with Gasteiger partial charge in [-0.3, -0.25) is 0 Å². The molecule has 3 nitrogen and oxygen atoms in total. The van der Waals surface area contributed by atoms with Crippen molar-refractivity contribution < 1.29 is 17.9 Å². The van der Waals surface area contributed by atoms with Gasteiger partial charge in [0.05, 0.1) is 11.5 Å². The van der Waals surface area contributed by atoms with Gasteiger partial charge < -0.3 is 5.11 Å². The predicted octanol–water partition coefficient (Wildman–Crippen LogP) is 1.12. The minimum Gasteiger partial charge on any atom is -0.396 e. The number of sulfone groups is 1. The Kier molecular flexibility index (Phi) is 4.23. The Labute approximate surface area is 88.5 Å². The highest BCUT2D eigenvalue weighted by atomic mass is 32.2. The number of hydrogen-bond donors (Lipinski definition) is 1. The molecule has 0 atom stereocenters. The Hall–Kier alpha value is -0.940. The molecule has 0 aliphatic carbocycles. The van der Waals surface area contributed by atoms with Crippen LogP contribution in [-0.4, -0.2) is 25.9 Å². The van der Waals surface area contributed by atoms with Crippen molar-refractivity contribution in [1.82, 2.24) is 0 Å². The first-order valence-electron chi connectivity index (χ1n) is 4.59. The van der Waals surface area contributed by atoms with Crippen molar-refractivity contribution in [1.29, 1.82) is 0 Å². The summed E-state index contributed by atoms with van der Waals surface area (Å²) in [5, 5.41) is 8.52. The molecule has 1 aromatic carbocycles. The first-order chi connectivity index (χ1) is 7.03. The standard InChI is InChI=1S/C10H13FO3S/c11-10-4-2-9(3-5-10)8-15(13,14)7-1-6-12/h2-5,12H,1,6-8H2. The lowest BCUT2D eigenvalue weighted by molar-refractivity contribution is 0.295. The van der Waals surface area contributed by atoms with Crippen LogP contribution >= 0.6 is 0 Å². The molecule has 0 fully saturated rings. The fourth-order valence-electron chi connectivity index (χ4n) is 1.19. The van der Waals surface area contributed by atoms with Gasteiger partial charge in [-0.15, -0.1) is 0 Å². The van der Waals surface area contributed by atoms with E-state index in [0.717, 1.165) is 0 Å². The van der Waals surface area contributed by atoms with Crippen molar-refractivity contribution in [3.05, 3.63) is 35.6 Å². The minimum absolute atomic E-state index is 0.0408. The van der Waals surface area contributed by atoms with Gasteiger partial charge in [-0.05, 0) is 24.1 Å². The summed E-state index contributed by atoms with van der Waals surface area (Å²) in [6.45, 7) is -0.136. The van der Waals surface area contributed by atoms with Crippen LogP contribution in [-0.2, 0) is 15.6 Å². The van der Waals surface area contributed by atoms with Gasteiger partial charge in [0.2, 0.25) is 0 Å². The maximum Gasteiger partial charge on any atom is 0.154 e. The second-order valence-corrected chi connectivity index (χ2v) is 5.48. The molecular formula is C10H13FO3S. The normalized spacial score (nSPS) is 11.6. The van der Waals surface area contributed by atoms with Crippen LogP contribution < -0.4 is 0 Å². The van der Waals surface area contributed by atoms with E-state index in [2.05, 4.69) is 0 Å². The highest BCUT2D eigenvalue weighted by molar-refractivity contribution is 7.90. The van der Waals surface area contributed by atoms with Crippen molar-refractivity contribution >= 4 is 9.84 Å². The lowest BCUT2D eigenvalue weighted by Gasteiger charge is -2.03. The van der Waals surface area contributed by atoms with E-state index in [0.29, 0.717) is 5.56 Å². The number of rotatable bonds is 5. The van der Waals surface area contributed by atoms with Crippen LogP contribution in [0.5, 0.6) is 0 Å². The van der Waals surface area contributed by atoms with E-state index in [9.17, 15) is 12.8 Å². The Morgan fingerprint density at radius 1 is 1.20 bits per heavy atom. The SMILES string of the molecule is O=S(=O)(CCCO)Cc1ccc(F)cc1. The van der Waals surface area contributed by atoms with E-state index in [1.54, 1.807) is 0 Å². The molecule has 0 amide bonds. The summed E-state index contributed by atoms with van der Waals surface area (Å²) in [6.07, 6.45) is 0.240. The molecule has 0 unspecified atom stereocenters. The van der Waals surface area contributed by atoms with E-state index in [-0.39, 0.29) is 30.4 Å². The highest BCUT2D eigenvalue weighted by Crippen LogP contribution is 2.08. The largest absolute Gasteiger partial charge is 0.396 e. The van der Waals surface area contributed by atoms with Crippen LogP contribution in [0.15, 0.2) is 24.3 Å². The first kappa shape index (κ1) is 12.1. The number of benzene rings is 1. The molecule has 1 rings (SSSR count). The number of halogens is 1. The van der Waals surface area contributed by atoms with E-state index < -0.39 is 9.84 Å². The van der Waals surface area contributed by atoms with Crippen LogP contribution in [0.3, 0.4) is 0 Å². The van der Waals surface area contributed by atoms with Crippen molar-refractivity contribution in [3.8, 4) is 0 Å². The Balaban J connectivity index is 2.65. The molecule has 0 spiro atoms. The molecule has 0 saturated heterocycles. The third-order valence-electron chi connectivity index (χ3n) is 1.91. The number of aliphatic hydroxyl groups excluding tert-OH is 1. The molecule has 0 heterocycles. The summed E-state index contributed by atoms with van der Waals surface area (Å²) >= 11 is 0. The third-order valence-corrected chi connectivity index (χ3v) is 3.60. The monoisotopic (exact) mass is 232 g/mol. The lowest BCUT2D eigenvalue weighted by Crippen LogP contribution is -2.10. The zero-order chi connectivity index (χ0) is 11.3. The molecule has 0 aliphatic heterocycles. The smallest absolute Gasteiger partial charge is 0.154 e. The summed E-state index contributed by atoms with van der Waals surface area (Å²) in [5.74, 6) is -0.528.